The molecule has 3 aromatic rings. The van der Waals surface area contributed by atoms with E-state index in [0.717, 1.165) is 17.1 Å². The van der Waals surface area contributed by atoms with Crippen LogP contribution in [0.15, 0.2) is 66.7 Å². The summed E-state index contributed by atoms with van der Waals surface area (Å²) in [4.78, 5) is 30.0. The molecule has 2 aliphatic heterocycles. The zero-order valence-corrected chi connectivity index (χ0v) is 24.2. The van der Waals surface area contributed by atoms with E-state index < -0.39 is 0 Å². The summed E-state index contributed by atoms with van der Waals surface area (Å²) in [6.45, 7) is 5.73. The first-order chi connectivity index (χ1) is 20.3. The molecule has 0 aliphatic carbocycles. The molecule has 0 spiro atoms. The number of amides is 3. The van der Waals surface area contributed by atoms with E-state index in [4.69, 9.17) is 14.2 Å². The number of benzene rings is 3. The lowest BCUT2D eigenvalue weighted by Crippen LogP contribution is -2.47. The summed E-state index contributed by atoms with van der Waals surface area (Å²) < 4.78 is 17.6. The molecule has 0 bridgehead atoms. The fourth-order valence-corrected chi connectivity index (χ4v) is 5.26. The van der Waals surface area contributed by atoms with Gasteiger partial charge < -0.3 is 34.9 Å². The van der Waals surface area contributed by atoms with Gasteiger partial charge in [0.1, 0.15) is 11.9 Å². The average molecular weight is 575 g/mol. The highest BCUT2D eigenvalue weighted by atomic mass is 16.7. The number of para-hydroxylation sites is 1. The first kappa shape index (κ1) is 29.2. The van der Waals surface area contributed by atoms with Crippen molar-refractivity contribution in [3.8, 4) is 17.2 Å². The molecular weight excluding hydrogens is 536 g/mol. The predicted molar refractivity (Wildman–Crippen MR) is 160 cm³/mol. The Morgan fingerprint density at radius 1 is 1.02 bits per heavy atom. The molecule has 3 aromatic carbocycles. The summed E-state index contributed by atoms with van der Waals surface area (Å²) in [5, 5.41) is 15.6. The van der Waals surface area contributed by atoms with Gasteiger partial charge >= 0.3 is 6.03 Å². The van der Waals surface area contributed by atoms with Gasteiger partial charge in [0.25, 0.3) is 0 Å². The summed E-state index contributed by atoms with van der Waals surface area (Å²) in [6, 6.07) is 19.8. The van der Waals surface area contributed by atoms with Crippen molar-refractivity contribution in [1.29, 1.82) is 0 Å². The fourth-order valence-electron chi connectivity index (χ4n) is 5.26. The Bertz CT molecular complexity index is 1400. The zero-order chi connectivity index (χ0) is 29.6. The summed E-state index contributed by atoms with van der Waals surface area (Å²) >= 11 is 0. The van der Waals surface area contributed by atoms with Crippen molar-refractivity contribution < 1.29 is 28.9 Å². The third-order valence-corrected chi connectivity index (χ3v) is 7.59. The Balaban J connectivity index is 1.35. The summed E-state index contributed by atoms with van der Waals surface area (Å²) in [5.41, 5.74) is 2.98. The first-order valence-corrected chi connectivity index (χ1v) is 14.2. The van der Waals surface area contributed by atoms with E-state index in [1.54, 1.807) is 29.2 Å². The van der Waals surface area contributed by atoms with E-state index in [1.807, 2.05) is 56.4 Å². The number of nitrogens with zero attached hydrogens (tertiary/aromatic N) is 2. The van der Waals surface area contributed by atoms with E-state index in [0.29, 0.717) is 42.3 Å². The number of hydrogen-bond donors (Lipinski definition) is 3. The minimum atomic E-state index is -0.386. The van der Waals surface area contributed by atoms with E-state index in [-0.39, 0.29) is 49.8 Å². The predicted octanol–water partition coefficient (Wildman–Crippen LogP) is 4.34. The maximum absolute atomic E-state index is 13.5. The van der Waals surface area contributed by atoms with Gasteiger partial charge in [-0.1, -0.05) is 31.2 Å². The second-order valence-corrected chi connectivity index (χ2v) is 11.0. The number of nitrogens with one attached hydrogen (secondary N) is 2. The zero-order valence-electron chi connectivity index (χ0n) is 24.2. The molecule has 0 saturated heterocycles. The molecule has 42 heavy (non-hydrogen) atoms. The van der Waals surface area contributed by atoms with Crippen molar-refractivity contribution in [1.82, 2.24) is 9.80 Å². The summed E-state index contributed by atoms with van der Waals surface area (Å²) in [6.07, 6.45) is -0.163. The van der Waals surface area contributed by atoms with Crippen LogP contribution in [0.5, 0.6) is 17.2 Å². The van der Waals surface area contributed by atoms with Gasteiger partial charge in [-0.15, -0.1) is 0 Å². The number of aliphatic hydroxyl groups is 1. The molecule has 3 amide bonds. The van der Waals surface area contributed by atoms with E-state index in [9.17, 15) is 14.7 Å². The van der Waals surface area contributed by atoms with E-state index >= 15 is 0 Å². The highest BCUT2D eigenvalue weighted by Gasteiger charge is 2.31. The second-order valence-electron chi connectivity index (χ2n) is 11.0. The molecule has 5 rings (SSSR count). The normalized spacial score (nSPS) is 18.8. The highest BCUT2D eigenvalue weighted by Crippen LogP contribution is 2.33. The third-order valence-electron chi connectivity index (χ3n) is 7.59. The Labute approximate surface area is 246 Å². The Morgan fingerprint density at radius 3 is 2.55 bits per heavy atom. The van der Waals surface area contributed by atoms with E-state index in [2.05, 4.69) is 22.5 Å². The molecule has 0 unspecified atom stereocenters. The van der Waals surface area contributed by atoms with Crippen LogP contribution in [-0.4, -0.2) is 72.5 Å². The number of ether oxygens (including phenoxy) is 3. The van der Waals surface area contributed by atoms with Crippen molar-refractivity contribution in [2.24, 2.45) is 5.92 Å². The lowest BCUT2D eigenvalue weighted by molar-refractivity contribution is -0.134. The van der Waals surface area contributed by atoms with Crippen LogP contribution in [0, 0.1) is 5.92 Å². The van der Waals surface area contributed by atoms with Gasteiger partial charge in [0.15, 0.2) is 11.5 Å². The molecule has 10 nitrogen and oxygen atoms in total. The van der Waals surface area contributed by atoms with Crippen LogP contribution < -0.4 is 24.8 Å². The van der Waals surface area contributed by atoms with Crippen molar-refractivity contribution >= 4 is 23.3 Å². The van der Waals surface area contributed by atoms with E-state index in [1.165, 1.54) is 0 Å². The van der Waals surface area contributed by atoms with Crippen LogP contribution in [0.2, 0.25) is 0 Å². The first-order valence-electron chi connectivity index (χ1n) is 14.2. The molecule has 3 N–H and O–H groups in total. The molecule has 0 radical (unpaired) electrons. The number of aliphatic hydroxyl groups excluding tert-OH is 1. The Morgan fingerprint density at radius 2 is 1.76 bits per heavy atom. The SMILES string of the molecule is C[C@@H]1CN([C@H](C)CO)C(=O)Cc2cc(NC(=O)Nc3ccccc3)ccc2O[C@@H]1CN(C)Cc1ccc2c(c1)OCO2. The van der Waals surface area contributed by atoms with Gasteiger partial charge in [-0.2, -0.15) is 0 Å². The lowest BCUT2D eigenvalue weighted by Gasteiger charge is -2.34. The average Bonchev–Trinajstić information content (AvgIpc) is 3.45. The minimum Gasteiger partial charge on any atom is -0.488 e. The number of urea groups is 1. The molecule has 0 fully saturated rings. The summed E-state index contributed by atoms with van der Waals surface area (Å²) in [7, 11) is 2.03. The van der Waals surface area contributed by atoms with Gasteiger partial charge in [0.05, 0.1) is 19.1 Å². The largest absolute Gasteiger partial charge is 0.488 e. The maximum atomic E-state index is 13.5. The number of anilines is 2. The standard InChI is InChI=1S/C32H38N4O6/c1-21-16-36(22(2)19-37)31(38)15-24-14-26(34-32(39)33-25-7-5-4-6-8-25)10-12-27(24)42-30(21)18-35(3)17-23-9-11-28-29(13-23)41-20-40-28/h4-14,21-22,30,37H,15-20H2,1-3H3,(H2,33,34,39)/t21-,22-,30-/m1/s1. The Hall–Kier alpha value is -4.28. The molecule has 222 valence electrons. The monoisotopic (exact) mass is 574 g/mol. The molecule has 10 heteroatoms. The highest BCUT2D eigenvalue weighted by molar-refractivity contribution is 5.99. The smallest absolute Gasteiger partial charge is 0.323 e. The number of likely N-dealkylation sites (N-methyl/N-ethyl adjacent to an activating group) is 1. The van der Waals surface area contributed by atoms with Gasteiger partial charge in [-0.25, -0.2) is 4.79 Å². The third kappa shape index (κ3) is 7.13. The number of carbonyl (C=O) groups is 2. The van der Waals surface area contributed by atoms with Crippen LogP contribution in [0.3, 0.4) is 0 Å². The van der Waals surface area contributed by atoms with Crippen LogP contribution in [0.1, 0.15) is 25.0 Å². The van der Waals surface area contributed by atoms with Gasteiger partial charge in [0, 0.05) is 42.5 Å². The van der Waals surface area contributed by atoms with Gasteiger partial charge in [-0.05, 0) is 62.0 Å². The molecule has 0 aromatic heterocycles. The van der Waals surface area contributed by atoms with Crippen molar-refractivity contribution in [2.75, 3.05) is 44.2 Å². The fraction of sp³-hybridized carbons (Fsp3) is 0.375. The molecular formula is C32H38N4O6. The number of hydrogen-bond acceptors (Lipinski definition) is 7. The molecule has 0 saturated carbocycles. The van der Waals surface area contributed by atoms with Crippen LogP contribution in [0.25, 0.3) is 0 Å². The topological polar surface area (TPSA) is 113 Å². The van der Waals surface area contributed by atoms with Crippen LogP contribution in [-0.2, 0) is 17.8 Å². The number of rotatable bonds is 8. The summed E-state index contributed by atoms with van der Waals surface area (Å²) in [5.74, 6) is 1.97. The minimum absolute atomic E-state index is 0.0254. The van der Waals surface area contributed by atoms with Gasteiger partial charge in [0.2, 0.25) is 12.7 Å². The maximum Gasteiger partial charge on any atom is 0.323 e. The van der Waals surface area contributed by atoms with Crippen LogP contribution in [0.4, 0.5) is 16.2 Å². The quantitative estimate of drug-likeness (QED) is 0.367. The number of carbonyl (C=O) groups excluding carboxylic acids is 2. The molecule has 2 aliphatic rings. The van der Waals surface area contributed by atoms with Crippen LogP contribution >= 0.6 is 0 Å². The van der Waals surface area contributed by atoms with Gasteiger partial charge in [-0.3, -0.25) is 9.69 Å². The van der Waals surface area contributed by atoms with Crippen molar-refractivity contribution in [3.05, 3.63) is 77.9 Å². The Kier molecular flexibility index (Phi) is 9.14. The second kappa shape index (κ2) is 13.1. The molecule has 3 atom stereocenters. The number of fused-ring (bicyclic) bond motifs is 2. The van der Waals surface area contributed by atoms with Crippen molar-refractivity contribution in [2.45, 2.75) is 39.0 Å². The molecule has 2 heterocycles. The van der Waals surface area contributed by atoms with Crippen molar-refractivity contribution in [3.63, 3.8) is 0 Å². The lowest BCUT2D eigenvalue weighted by atomic mass is 10.0.